The number of amides is 1. The molecule has 2 atom stereocenters. The molecule has 0 bridgehead atoms. The number of benzene rings is 1. The monoisotopic (exact) mass is 357 g/mol. The van der Waals surface area contributed by atoms with Gasteiger partial charge in [0.05, 0.1) is 13.0 Å². The summed E-state index contributed by atoms with van der Waals surface area (Å²) >= 11 is 0. The maximum absolute atomic E-state index is 12.7. The van der Waals surface area contributed by atoms with Gasteiger partial charge in [0.15, 0.2) is 0 Å². The molecule has 1 aromatic carbocycles. The van der Waals surface area contributed by atoms with Crippen LogP contribution in [0.5, 0.6) is 5.75 Å². The standard InChI is InChI=1S/C21H27NO4/c1-2-26-19-10-6-5-7-15(19)11-18(21(24)25)12-20(23)22-13-16-8-3-4-9-17(16)14-22/h5-7,10-11,16-17H,2-4,8-9,12-14H2,1H3,(H,24,25)/t16-,17+. The van der Waals surface area contributed by atoms with Crippen molar-refractivity contribution in [3.05, 3.63) is 35.4 Å². The Hall–Kier alpha value is -2.30. The number of likely N-dealkylation sites (tertiary alicyclic amines) is 1. The number of carbonyl (C=O) groups is 2. The maximum atomic E-state index is 12.7. The zero-order chi connectivity index (χ0) is 18.5. The minimum Gasteiger partial charge on any atom is -0.493 e. The Labute approximate surface area is 154 Å². The van der Waals surface area contributed by atoms with Gasteiger partial charge >= 0.3 is 5.97 Å². The van der Waals surface area contributed by atoms with Gasteiger partial charge in [-0.3, -0.25) is 4.79 Å². The van der Waals surface area contributed by atoms with Crippen LogP contribution in [0.2, 0.25) is 0 Å². The number of carbonyl (C=O) groups excluding carboxylic acids is 1. The SMILES string of the molecule is CCOc1ccccc1C=C(CC(=O)N1C[C@H]2CCCC[C@H]2C1)C(=O)O. The van der Waals surface area contributed by atoms with Crippen LogP contribution < -0.4 is 4.74 Å². The number of carboxylic acid groups (broad SMARTS) is 1. The Balaban J connectivity index is 1.73. The summed E-state index contributed by atoms with van der Waals surface area (Å²) in [6.07, 6.45) is 6.37. The maximum Gasteiger partial charge on any atom is 0.332 e. The zero-order valence-corrected chi connectivity index (χ0v) is 15.3. The van der Waals surface area contributed by atoms with Crippen molar-refractivity contribution in [2.45, 2.75) is 39.0 Å². The average Bonchev–Trinajstić information content (AvgIpc) is 3.07. The van der Waals surface area contributed by atoms with E-state index >= 15 is 0 Å². The van der Waals surface area contributed by atoms with E-state index < -0.39 is 5.97 Å². The molecule has 2 fully saturated rings. The molecule has 26 heavy (non-hydrogen) atoms. The Bertz CT molecular complexity index is 683. The second-order valence-corrected chi connectivity index (χ2v) is 7.23. The predicted octanol–water partition coefficient (Wildman–Crippen LogP) is 3.59. The Kier molecular flexibility index (Phi) is 5.96. The molecular weight excluding hydrogens is 330 g/mol. The van der Waals surface area contributed by atoms with Gasteiger partial charge in [-0.25, -0.2) is 4.79 Å². The van der Waals surface area contributed by atoms with Crippen LogP contribution in [0.4, 0.5) is 0 Å². The molecule has 0 spiro atoms. The normalized spacial score (nSPS) is 22.8. The lowest BCUT2D eigenvalue weighted by Gasteiger charge is -2.22. The van der Waals surface area contributed by atoms with Crippen molar-refractivity contribution in [1.82, 2.24) is 4.90 Å². The lowest BCUT2D eigenvalue weighted by Crippen LogP contribution is -2.29. The van der Waals surface area contributed by atoms with Crippen molar-refractivity contribution in [2.24, 2.45) is 11.8 Å². The highest BCUT2D eigenvalue weighted by atomic mass is 16.5. The summed E-state index contributed by atoms with van der Waals surface area (Å²) < 4.78 is 5.55. The van der Waals surface area contributed by atoms with E-state index in [1.807, 2.05) is 36.1 Å². The summed E-state index contributed by atoms with van der Waals surface area (Å²) in [4.78, 5) is 26.3. The number of ether oxygens (including phenoxy) is 1. The van der Waals surface area contributed by atoms with Crippen LogP contribution in [0.15, 0.2) is 29.8 Å². The molecule has 0 unspecified atom stereocenters. The fraction of sp³-hybridized carbons (Fsp3) is 0.524. The lowest BCUT2D eigenvalue weighted by atomic mass is 9.82. The van der Waals surface area contributed by atoms with Crippen molar-refractivity contribution in [2.75, 3.05) is 19.7 Å². The second-order valence-electron chi connectivity index (χ2n) is 7.23. The Morgan fingerprint density at radius 1 is 1.19 bits per heavy atom. The van der Waals surface area contributed by atoms with Crippen molar-refractivity contribution < 1.29 is 19.4 Å². The molecule has 1 amide bonds. The highest BCUT2D eigenvalue weighted by Gasteiger charge is 2.36. The molecule has 140 valence electrons. The summed E-state index contributed by atoms with van der Waals surface area (Å²) in [6.45, 7) is 3.95. The van der Waals surface area contributed by atoms with Gasteiger partial charge in [0, 0.05) is 24.2 Å². The summed E-state index contributed by atoms with van der Waals surface area (Å²) in [5, 5.41) is 9.57. The van der Waals surface area contributed by atoms with Crippen LogP contribution in [0.1, 0.15) is 44.6 Å². The molecule has 1 saturated carbocycles. The van der Waals surface area contributed by atoms with E-state index in [1.165, 1.54) is 25.7 Å². The fourth-order valence-corrected chi connectivity index (χ4v) is 4.15. The van der Waals surface area contributed by atoms with E-state index in [9.17, 15) is 14.7 Å². The quantitative estimate of drug-likeness (QED) is 0.790. The van der Waals surface area contributed by atoms with Crippen LogP contribution in [-0.2, 0) is 9.59 Å². The van der Waals surface area contributed by atoms with Crippen LogP contribution in [-0.4, -0.2) is 41.6 Å². The highest BCUT2D eigenvalue weighted by Crippen LogP contribution is 2.36. The van der Waals surface area contributed by atoms with Gasteiger partial charge in [-0.05, 0) is 43.7 Å². The summed E-state index contributed by atoms with van der Waals surface area (Å²) in [6, 6.07) is 7.30. The second kappa shape index (κ2) is 8.39. The third-order valence-corrected chi connectivity index (χ3v) is 5.49. The summed E-state index contributed by atoms with van der Waals surface area (Å²) in [5.41, 5.74) is 0.798. The van der Waals surface area contributed by atoms with E-state index in [2.05, 4.69) is 0 Å². The first kappa shape index (κ1) is 18.5. The van der Waals surface area contributed by atoms with Crippen molar-refractivity contribution in [3.8, 4) is 5.75 Å². The van der Waals surface area contributed by atoms with Crippen LogP contribution >= 0.6 is 0 Å². The van der Waals surface area contributed by atoms with Crippen molar-refractivity contribution in [1.29, 1.82) is 0 Å². The third kappa shape index (κ3) is 4.26. The largest absolute Gasteiger partial charge is 0.493 e. The summed E-state index contributed by atoms with van der Waals surface area (Å²) in [7, 11) is 0. The molecule has 1 saturated heterocycles. The minimum atomic E-state index is -1.05. The van der Waals surface area contributed by atoms with Gasteiger partial charge in [-0.15, -0.1) is 0 Å². The first-order valence-corrected chi connectivity index (χ1v) is 9.52. The number of aliphatic carboxylic acids is 1. The molecule has 5 heteroatoms. The van der Waals surface area contributed by atoms with Crippen LogP contribution in [0.3, 0.4) is 0 Å². The van der Waals surface area contributed by atoms with Crippen molar-refractivity contribution in [3.63, 3.8) is 0 Å². The fourth-order valence-electron chi connectivity index (χ4n) is 4.15. The van der Waals surface area contributed by atoms with E-state index in [-0.39, 0.29) is 17.9 Å². The minimum absolute atomic E-state index is 0.0742. The van der Waals surface area contributed by atoms with Gasteiger partial charge in [-0.2, -0.15) is 0 Å². The topological polar surface area (TPSA) is 66.8 Å². The molecular formula is C21H27NO4. The van der Waals surface area contributed by atoms with E-state index in [1.54, 1.807) is 6.08 Å². The predicted molar refractivity (Wildman–Crippen MR) is 99.9 cm³/mol. The lowest BCUT2D eigenvalue weighted by molar-refractivity contribution is -0.136. The number of nitrogens with zero attached hydrogens (tertiary/aromatic N) is 1. The zero-order valence-electron chi connectivity index (χ0n) is 15.3. The highest BCUT2D eigenvalue weighted by molar-refractivity contribution is 5.98. The molecule has 1 aliphatic heterocycles. The van der Waals surface area contributed by atoms with E-state index in [0.717, 1.165) is 13.1 Å². The van der Waals surface area contributed by atoms with Gasteiger partial charge in [-0.1, -0.05) is 31.0 Å². The van der Waals surface area contributed by atoms with Gasteiger partial charge < -0.3 is 14.7 Å². The van der Waals surface area contributed by atoms with Gasteiger partial charge in [0.1, 0.15) is 5.75 Å². The molecule has 5 nitrogen and oxygen atoms in total. The molecule has 1 aromatic rings. The summed E-state index contributed by atoms with van der Waals surface area (Å²) in [5.74, 6) is 0.698. The molecule has 1 aliphatic carbocycles. The Morgan fingerprint density at radius 2 is 1.85 bits per heavy atom. The molecule has 0 radical (unpaired) electrons. The van der Waals surface area contributed by atoms with Crippen LogP contribution in [0, 0.1) is 11.8 Å². The van der Waals surface area contributed by atoms with Crippen LogP contribution in [0.25, 0.3) is 6.08 Å². The number of hydrogen-bond acceptors (Lipinski definition) is 3. The first-order chi connectivity index (χ1) is 12.6. The van der Waals surface area contributed by atoms with Gasteiger partial charge in [0.2, 0.25) is 5.91 Å². The van der Waals surface area contributed by atoms with E-state index in [4.69, 9.17) is 4.74 Å². The Morgan fingerprint density at radius 3 is 2.46 bits per heavy atom. The van der Waals surface area contributed by atoms with Gasteiger partial charge in [0.25, 0.3) is 0 Å². The number of hydrogen-bond donors (Lipinski definition) is 1. The molecule has 1 N–H and O–H groups in total. The molecule has 3 rings (SSSR count). The third-order valence-electron chi connectivity index (χ3n) is 5.49. The molecule has 1 heterocycles. The first-order valence-electron chi connectivity index (χ1n) is 9.52. The number of rotatable bonds is 6. The smallest absolute Gasteiger partial charge is 0.332 e. The van der Waals surface area contributed by atoms with Crippen molar-refractivity contribution >= 4 is 18.0 Å². The molecule has 2 aliphatic rings. The number of para-hydroxylation sites is 1. The average molecular weight is 357 g/mol. The van der Waals surface area contributed by atoms with E-state index in [0.29, 0.717) is 29.8 Å². The number of carboxylic acids is 1. The molecule has 0 aromatic heterocycles. The number of fused-ring (bicyclic) bond motifs is 1.